The molecule has 0 heterocycles. The second-order valence-electron chi connectivity index (χ2n) is 4.05. The van der Waals surface area contributed by atoms with Crippen molar-refractivity contribution in [1.82, 2.24) is 0 Å². The lowest BCUT2D eigenvalue weighted by Gasteiger charge is -2.11. The Morgan fingerprint density at radius 1 is 1.14 bits per heavy atom. The quantitative estimate of drug-likeness (QED) is 0.775. The van der Waals surface area contributed by atoms with Gasteiger partial charge in [-0.25, -0.2) is 17.2 Å². The van der Waals surface area contributed by atoms with Crippen LogP contribution in [0.25, 0.3) is 0 Å². The fourth-order valence-electron chi connectivity index (χ4n) is 1.60. The van der Waals surface area contributed by atoms with Gasteiger partial charge in [0.1, 0.15) is 11.6 Å². The second-order valence-corrected chi connectivity index (χ2v) is 6.93. The number of halogens is 4. The molecule has 21 heavy (non-hydrogen) atoms. The fraction of sp³-hybridized carbons (Fsp3) is 0. The van der Waals surface area contributed by atoms with Crippen LogP contribution in [0.4, 0.5) is 20.2 Å². The molecule has 9 heteroatoms. The van der Waals surface area contributed by atoms with Crippen molar-refractivity contribution in [2.24, 2.45) is 0 Å². The van der Waals surface area contributed by atoms with Gasteiger partial charge in [-0.3, -0.25) is 4.72 Å². The molecule has 0 unspecified atom stereocenters. The van der Waals surface area contributed by atoms with Gasteiger partial charge in [0.15, 0.2) is 4.90 Å². The monoisotopic (exact) mass is 396 g/mol. The average Bonchev–Trinajstić information content (AvgIpc) is 2.31. The summed E-state index contributed by atoms with van der Waals surface area (Å²) in [6.45, 7) is 0. The first-order valence-corrected chi connectivity index (χ1v) is 8.08. The SMILES string of the molecule is Nc1cc(F)c(S(=O)(=O)Nc2ccc(Cl)c(Br)c2)c(F)c1. The number of anilines is 2. The van der Waals surface area contributed by atoms with Gasteiger partial charge >= 0.3 is 0 Å². The zero-order valence-electron chi connectivity index (χ0n) is 10.2. The topological polar surface area (TPSA) is 72.2 Å². The van der Waals surface area contributed by atoms with Gasteiger partial charge in [-0.15, -0.1) is 0 Å². The molecule has 0 fully saturated rings. The molecule has 0 saturated carbocycles. The molecule has 0 amide bonds. The van der Waals surface area contributed by atoms with Crippen molar-refractivity contribution in [2.45, 2.75) is 4.90 Å². The summed E-state index contributed by atoms with van der Waals surface area (Å²) in [7, 11) is -4.44. The van der Waals surface area contributed by atoms with Crippen LogP contribution in [0.1, 0.15) is 0 Å². The number of rotatable bonds is 3. The van der Waals surface area contributed by atoms with Crippen LogP contribution in [0.5, 0.6) is 0 Å². The highest BCUT2D eigenvalue weighted by molar-refractivity contribution is 9.10. The minimum Gasteiger partial charge on any atom is -0.399 e. The number of benzene rings is 2. The number of sulfonamides is 1. The normalized spacial score (nSPS) is 11.4. The molecule has 0 spiro atoms. The van der Waals surface area contributed by atoms with Crippen molar-refractivity contribution >= 4 is 48.9 Å². The molecule has 2 rings (SSSR count). The van der Waals surface area contributed by atoms with Crippen LogP contribution in [0, 0.1) is 11.6 Å². The summed E-state index contributed by atoms with van der Waals surface area (Å²) in [6.07, 6.45) is 0. The lowest BCUT2D eigenvalue weighted by atomic mass is 10.3. The molecule has 0 saturated heterocycles. The Hall–Kier alpha value is -1.38. The van der Waals surface area contributed by atoms with E-state index in [0.29, 0.717) is 9.50 Å². The minimum absolute atomic E-state index is 0.0990. The third-order valence-corrected chi connectivity index (χ3v) is 5.11. The summed E-state index contributed by atoms with van der Waals surface area (Å²) in [5.74, 6) is -2.54. The van der Waals surface area contributed by atoms with Crippen molar-refractivity contribution in [3.05, 3.63) is 51.5 Å². The van der Waals surface area contributed by atoms with Crippen molar-refractivity contribution in [2.75, 3.05) is 10.5 Å². The van der Waals surface area contributed by atoms with E-state index in [-0.39, 0.29) is 11.4 Å². The van der Waals surface area contributed by atoms with Gasteiger partial charge in [0.2, 0.25) is 0 Å². The fourth-order valence-corrected chi connectivity index (χ4v) is 3.27. The molecule has 4 nitrogen and oxygen atoms in total. The third-order valence-electron chi connectivity index (χ3n) is 2.46. The maximum absolute atomic E-state index is 13.7. The number of hydrogen-bond donors (Lipinski definition) is 2. The van der Waals surface area contributed by atoms with E-state index in [2.05, 4.69) is 20.7 Å². The molecule has 0 bridgehead atoms. The summed E-state index contributed by atoms with van der Waals surface area (Å²) in [6, 6.07) is 5.62. The lowest BCUT2D eigenvalue weighted by molar-refractivity contribution is 0.522. The predicted octanol–water partition coefficient (Wildman–Crippen LogP) is 3.76. The Balaban J connectivity index is 2.46. The van der Waals surface area contributed by atoms with Crippen LogP contribution in [-0.2, 0) is 10.0 Å². The maximum Gasteiger partial charge on any atom is 0.267 e. The molecule has 0 aromatic heterocycles. The van der Waals surface area contributed by atoms with Crippen molar-refractivity contribution in [3.8, 4) is 0 Å². The van der Waals surface area contributed by atoms with E-state index in [4.69, 9.17) is 17.3 Å². The van der Waals surface area contributed by atoms with E-state index in [1.807, 2.05) is 0 Å². The van der Waals surface area contributed by atoms with Gasteiger partial charge in [0.25, 0.3) is 10.0 Å². The standard InChI is InChI=1S/C12H8BrClF2N2O2S/c13-8-5-7(1-2-9(8)14)18-21(19,20)12-10(15)3-6(17)4-11(12)16/h1-5,18H,17H2. The summed E-state index contributed by atoms with van der Waals surface area (Å²) in [5, 5.41) is 0.364. The molecule has 112 valence electrons. The van der Waals surface area contributed by atoms with Crippen LogP contribution < -0.4 is 10.5 Å². The number of hydrogen-bond acceptors (Lipinski definition) is 3. The van der Waals surface area contributed by atoms with E-state index in [1.165, 1.54) is 18.2 Å². The molecule has 0 aliphatic carbocycles. The number of nitrogens with two attached hydrogens (primary N) is 1. The second kappa shape index (κ2) is 5.78. The Bertz CT molecular complexity index is 792. The summed E-state index contributed by atoms with van der Waals surface area (Å²) in [4.78, 5) is -1.09. The molecular formula is C12H8BrClF2N2O2S. The molecule has 0 aliphatic heterocycles. The van der Waals surface area contributed by atoms with Gasteiger partial charge < -0.3 is 5.73 Å². The molecule has 2 aromatic carbocycles. The van der Waals surface area contributed by atoms with Gasteiger partial charge in [0, 0.05) is 10.2 Å². The van der Waals surface area contributed by atoms with Crippen LogP contribution in [0.3, 0.4) is 0 Å². The van der Waals surface area contributed by atoms with E-state index in [9.17, 15) is 17.2 Å². The van der Waals surface area contributed by atoms with Crippen LogP contribution in [0.2, 0.25) is 5.02 Å². The van der Waals surface area contributed by atoms with E-state index in [1.54, 1.807) is 0 Å². The van der Waals surface area contributed by atoms with Gasteiger partial charge in [-0.1, -0.05) is 11.6 Å². The zero-order chi connectivity index (χ0) is 15.8. The van der Waals surface area contributed by atoms with Gasteiger partial charge in [0.05, 0.1) is 10.7 Å². The van der Waals surface area contributed by atoms with E-state index in [0.717, 1.165) is 12.1 Å². The Morgan fingerprint density at radius 2 is 1.71 bits per heavy atom. The molecule has 0 atom stereocenters. The number of nitrogen functional groups attached to an aromatic ring is 1. The Kier molecular flexibility index (Phi) is 4.40. The van der Waals surface area contributed by atoms with Crippen LogP contribution >= 0.6 is 27.5 Å². The van der Waals surface area contributed by atoms with Crippen LogP contribution in [0.15, 0.2) is 39.7 Å². The maximum atomic E-state index is 13.7. The largest absolute Gasteiger partial charge is 0.399 e. The smallest absolute Gasteiger partial charge is 0.267 e. The first kappa shape index (κ1) is 16.0. The molecule has 0 radical (unpaired) electrons. The highest BCUT2D eigenvalue weighted by Crippen LogP contribution is 2.28. The summed E-state index contributed by atoms with van der Waals surface area (Å²) >= 11 is 8.90. The number of nitrogens with one attached hydrogen (secondary N) is 1. The van der Waals surface area contributed by atoms with Crippen molar-refractivity contribution in [3.63, 3.8) is 0 Å². The molecular weight excluding hydrogens is 390 g/mol. The molecule has 3 N–H and O–H groups in total. The molecule has 2 aromatic rings. The van der Waals surface area contributed by atoms with E-state index >= 15 is 0 Å². The predicted molar refractivity (Wildman–Crippen MR) is 80.7 cm³/mol. The average molecular weight is 398 g/mol. The first-order valence-electron chi connectivity index (χ1n) is 5.43. The van der Waals surface area contributed by atoms with Crippen molar-refractivity contribution < 1.29 is 17.2 Å². The lowest BCUT2D eigenvalue weighted by Crippen LogP contribution is -2.16. The zero-order valence-corrected chi connectivity index (χ0v) is 13.4. The third kappa shape index (κ3) is 3.45. The summed E-state index contributed by atoms with van der Waals surface area (Å²) in [5.41, 5.74) is 5.13. The highest BCUT2D eigenvalue weighted by Gasteiger charge is 2.25. The Labute approximate surface area is 133 Å². The van der Waals surface area contributed by atoms with Gasteiger partial charge in [-0.05, 0) is 46.3 Å². The highest BCUT2D eigenvalue weighted by atomic mass is 79.9. The van der Waals surface area contributed by atoms with Gasteiger partial charge in [-0.2, -0.15) is 0 Å². The summed E-state index contributed by atoms with van der Waals surface area (Å²) < 4.78 is 54.0. The van der Waals surface area contributed by atoms with E-state index < -0.39 is 26.6 Å². The minimum atomic E-state index is -4.44. The first-order chi connectivity index (χ1) is 9.70. The van der Waals surface area contributed by atoms with Crippen LogP contribution in [-0.4, -0.2) is 8.42 Å². The Morgan fingerprint density at radius 3 is 2.24 bits per heavy atom. The molecule has 0 aliphatic rings. The van der Waals surface area contributed by atoms with Crippen molar-refractivity contribution in [1.29, 1.82) is 0 Å².